The fourth-order valence-corrected chi connectivity index (χ4v) is 2.91. The van der Waals surface area contributed by atoms with Crippen molar-refractivity contribution in [3.8, 4) is 0 Å². The topological polar surface area (TPSA) is 26.0 Å². The summed E-state index contributed by atoms with van der Waals surface area (Å²) in [6.07, 6.45) is 11.0. The third kappa shape index (κ3) is 5.70. The normalized spacial score (nSPS) is 12.9. The number of halogens is 1. The summed E-state index contributed by atoms with van der Waals surface area (Å²) in [7, 11) is 0. The first kappa shape index (κ1) is 16.4. The molecule has 0 spiro atoms. The van der Waals surface area contributed by atoms with Gasteiger partial charge in [0.25, 0.3) is 0 Å². The fourth-order valence-electron chi connectivity index (χ4n) is 2.62. The van der Waals surface area contributed by atoms with Crippen molar-refractivity contribution in [1.29, 1.82) is 0 Å². The molecule has 0 N–H and O–H groups in total. The highest BCUT2D eigenvalue weighted by Crippen LogP contribution is 2.20. The lowest BCUT2D eigenvalue weighted by Crippen LogP contribution is -2.03. The lowest BCUT2D eigenvalue weighted by Gasteiger charge is -2.06. The van der Waals surface area contributed by atoms with Crippen LogP contribution in [0.4, 0.5) is 0 Å². The van der Waals surface area contributed by atoms with Crippen LogP contribution in [0.3, 0.4) is 0 Å². The smallest absolute Gasteiger partial charge is 0.196 e. The molecule has 0 bridgehead atoms. The minimum absolute atomic E-state index is 0.133. The van der Waals surface area contributed by atoms with Crippen LogP contribution in [0.15, 0.2) is 28.7 Å². The van der Waals surface area contributed by atoms with Crippen molar-refractivity contribution in [1.82, 2.24) is 4.98 Å². The maximum Gasteiger partial charge on any atom is 0.196 e. The van der Waals surface area contributed by atoms with Crippen molar-refractivity contribution < 1.29 is 4.42 Å². The predicted molar refractivity (Wildman–Crippen MR) is 90.0 cm³/mol. The largest absolute Gasteiger partial charge is 0.441 e. The van der Waals surface area contributed by atoms with Crippen molar-refractivity contribution in [2.45, 2.75) is 70.1 Å². The van der Waals surface area contributed by atoms with Crippen LogP contribution >= 0.6 is 11.6 Å². The summed E-state index contributed by atoms with van der Waals surface area (Å²) in [6.45, 7) is 2.25. The van der Waals surface area contributed by atoms with Gasteiger partial charge in [0.1, 0.15) is 5.52 Å². The van der Waals surface area contributed by atoms with Gasteiger partial charge in [0, 0.05) is 11.8 Å². The first-order chi connectivity index (χ1) is 10.3. The van der Waals surface area contributed by atoms with E-state index in [4.69, 9.17) is 16.0 Å². The van der Waals surface area contributed by atoms with Crippen LogP contribution in [0.1, 0.15) is 64.2 Å². The molecule has 1 aromatic heterocycles. The maximum atomic E-state index is 6.41. The number of para-hydroxylation sites is 2. The standard InChI is InChI=1S/C18H26ClNO/c1-2-3-4-5-6-7-8-11-15(19)14-18-20-16-12-9-10-13-17(16)21-18/h9-10,12-13,15H,2-8,11,14H2,1H3. The molecule has 0 saturated heterocycles. The van der Waals surface area contributed by atoms with E-state index >= 15 is 0 Å². The quantitative estimate of drug-likeness (QED) is 0.390. The fraction of sp³-hybridized carbons (Fsp3) is 0.611. The molecule has 0 aliphatic rings. The Labute approximate surface area is 132 Å². The minimum Gasteiger partial charge on any atom is -0.441 e. The number of aromatic nitrogens is 1. The zero-order valence-electron chi connectivity index (χ0n) is 13.0. The third-order valence-electron chi connectivity index (χ3n) is 3.86. The number of unbranched alkanes of at least 4 members (excludes halogenated alkanes) is 6. The van der Waals surface area contributed by atoms with Crippen molar-refractivity contribution in [2.24, 2.45) is 0 Å². The Morgan fingerprint density at radius 2 is 1.76 bits per heavy atom. The molecule has 0 aliphatic carbocycles. The molecular weight excluding hydrogens is 282 g/mol. The molecular formula is C18H26ClNO. The Bertz CT molecular complexity index is 490. The number of alkyl halides is 1. The van der Waals surface area contributed by atoms with Gasteiger partial charge < -0.3 is 4.42 Å². The average Bonchev–Trinajstić information content (AvgIpc) is 2.88. The Kier molecular flexibility index (Phi) is 7.08. The molecule has 1 unspecified atom stereocenters. The van der Waals surface area contributed by atoms with Crippen LogP contribution in [0.2, 0.25) is 0 Å². The second-order valence-electron chi connectivity index (χ2n) is 5.79. The molecule has 1 heterocycles. The van der Waals surface area contributed by atoms with E-state index in [0.29, 0.717) is 0 Å². The van der Waals surface area contributed by atoms with E-state index < -0.39 is 0 Å². The zero-order valence-corrected chi connectivity index (χ0v) is 13.7. The molecule has 0 fully saturated rings. The van der Waals surface area contributed by atoms with Crippen molar-refractivity contribution >= 4 is 22.7 Å². The van der Waals surface area contributed by atoms with Gasteiger partial charge in [-0.1, -0.05) is 64.0 Å². The molecule has 0 amide bonds. The van der Waals surface area contributed by atoms with E-state index in [1.165, 1.54) is 44.9 Å². The van der Waals surface area contributed by atoms with Crippen LogP contribution < -0.4 is 0 Å². The maximum absolute atomic E-state index is 6.41. The summed E-state index contributed by atoms with van der Waals surface area (Å²) >= 11 is 6.41. The van der Waals surface area contributed by atoms with E-state index in [9.17, 15) is 0 Å². The van der Waals surface area contributed by atoms with E-state index in [-0.39, 0.29) is 5.38 Å². The number of fused-ring (bicyclic) bond motifs is 1. The number of oxazole rings is 1. The lowest BCUT2D eigenvalue weighted by atomic mass is 10.1. The summed E-state index contributed by atoms with van der Waals surface area (Å²) < 4.78 is 5.71. The van der Waals surface area contributed by atoms with Gasteiger partial charge in [-0.3, -0.25) is 0 Å². The average molecular weight is 308 g/mol. The summed E-state index contributed by atoms with van der Waals surface area (Å²) in [5, 5.41) is 0.133. The highest BCUT2D eigenvalue weighted by Gasteiger charge is 2.11. The second-order valence-corrected chi connectivity index (χ2v) is 6.40. The number of nitrogens with zero attached hydrogens (tertiary/aromatic N) is 1. The van der Waals surface area contributed by atoms with Gasteiger partial charge in [0.2, 0.25) is 0 Å². The molecule has 3 heteroatoms. The van der Waals surface area contributed by atoms with Gasteiger partial charge in [-0.05, 0) is 18.6 Å². The SMILES string of the molecule is CCCCCCCCCC(Cl)Cc1nc2ccccc2o1. The first-order valence-electron chi connectivity index (χ1n) is 8.28. The van der Waals surface area contributed by atoms with Crippen LogP contribution in [0.5, 0.6) is 0 Å². The summed E-state index contributed by atoms with van der Waals surface area (Å²) in [4.78, 5) is 4.48. The highest BCUT2D eigenvalue weighted by molar-refractivity contribution is 6.20. The minimum atomic E-state index is 0.133. The van der Waals surface area contributed by atoms with Gasteiger partial charge in [-0.2, -0.15) is 0 Å². The molecule has 116 valence electrons. The zero-order chi connectivity index (χ0) is 14.9. The highest BCUT2D eigenvalue weighted by atomic mass is 35.5. The Morgan fingerprint density at radius 1 is 1.05 bits per heavy atom. The molecule has 2 nitrogen and oxygen atoms in total. The predicted octanol–water partition coefficient (Wildman–Crippen LogP) is 6.12. The molecule has 2 rings (SSSR count). The summed E-state index contributed by atoms with van der Waals surface area (Å²) in [5.41, 5.74) is 1.78. The van der Waals surface area contributed by atoms with E-state index in [1.807, 2.05) is 24.3 Å². The Balaban J connectivity index is 1.64. The molecule has 0 saturated carbocycles. The molecule has 0 radical (unpaired) electrons. The van der Waals surface area contributed by atoms with Crippen LogP contribution in [0, 0.1) is 0 Å². The van der Waals surface area contributed by atoms with Crippen molar-refractivity contribution in [3.05, 3.63) is 30.2 Å². The Hall–Kier alpha value is -1.02. The lowest BCUT2D eigenvalue weighted by molar-refractivity contribution is 0.505. The van der Waals surface area contributed by atoms with Gasteiger partial charge in [0.15, 0.2) is 11.5 Å². The number of hydrogen-bond acceptors (Lipinski definition) is 2. The third-order valence-corrected chi connectivity index (χ3v) is 4.23. The monoisotopic (exact) mass is 307 g/mol. The van der Waals surface area contributed by atoms with E-state index in [0.717, 1.165) is 29.8 Å². The van der Waals surface area contributed by atoms with Crippen molar-refractivity contribution in [2.75, 3.05) is 0 Å². The molecule has 21 heavy (non-hydrogen) atoms. The molecule has 1 atom stereocenters. The molecule has 0 aliphatic heterocycles. The van der Waals surface area contributed by atoms with Gasteiger partial charge in [0.05, 0.1) is 0 Å². The van der Waals surface area contributed by atoms with E-state index in [2.05, 4.69) is 11.9 Å². The second kappa shape index (κ2) is 9.09. The van der Waals surface area contributed by atoms with Gasteiger partial charge in [-0.25, -0.2) is 4.98 Å². The van der Waals surface area contributed by atoms with Crippen molar-refractivity contribution in [3.63, 3.8) is 0 Å². The summed E-state index contributed by atoms with van der Waals surface area (Å²) in [6, 6.07) is 7.87. The van der Waals surface area contributed by atoms with E-state index in [1.54, 1.807) is 0 Å². The van der Waals surface area contributed by atoms with Gasteiger partial charge in [-0.15, -0.1) is 11.6 Å². The summed E-state index contributed by atoms with van der Waals surface area (Å²) in [5.74, 6) is 0.763. The Morgan fingerprint density at radius 3 is 2.52 bits per heavy atom. The van der Waals surface area contributed by atoms with Crippen LogP contribution in [0.25, 0.3) is 11.1 Å². The van der Waals surface area contributed by atoms with Gasteiger partial charge >= 0.3 is 0 Å². The van der Waals surface area contributed by atoms with Crippen LogP contribution in [-0.4, -0.2) is 10.4 Å². The number of rotatable bonds is 10. The molecule has 1 aromatic carbocycles. The number of hydrogen-bond donors (Lipinski definition) is 0. The molecule has 2 aromatic rings. The van der Waals surface area contributed by atoms with Crippen LogP contribution in [-0.2, 0) is 6.42 Å². The first-order valence-corrected chi connectivity index (χ1v) is 8.71. The number of benzene rings is 1.